The molecule has 0 saturated carbocycles. The summed E-state index contributed by atoms with van der Waals surface area (Å²) in [5.74, 6) is 0.0654. The predicted octanol–water partition coefficient (Wildman–Crippen LogP) is 4.84. The molecule has 1 atom stereocenters. The molecule has 132 valence electrons. The first-order valence-corrected chi connectivity index (χ1v) is 9.26. The van der Waals surface area contributed by atoms with Crippen molar-refractivity contribution in [1.29, 1.82) is 0 Å². The average molecular weight is 395 g/mol. The first kappa shape index (κ1) is 19.2. The van der Waals surface area contributed by atoms with Crippen LogP contribution in [0.2, 0.25) is 0 Å². The molecule has 0 fully saturated rings. The van der Waals surface area contributed by atoms with Gasteiger partial charge in [-0.25, -0.2) is 0 Å². The summed E-state index contributed by atoms with van der Waals surface area (Å²) in [4.78, 5) is 24.5. The highest BCUT2D eigenvalue weighted by Gasteiger charge is 2.32. The van der Waals surface area contributed by atoms with Crippen LogP contribution < -0.4 is 0 Å². The molecule has 0 saturated heterocycles. The standard InChI is InChI=1S/C20H27BrO3/c1-19(2,3)18(23)24-12-13-8-14-6-7-15(21)10-17(14)20(4,5)11-16(22)9-13/h6-7,10,13H,8-9,11-12H2,1-5H3. The molecule has 0 radical (unpaired) electrons. The Balaban J connectivity index is 2.23. The van der Waals surface area contributed by atoms with E-state index in [-0.39, 0.29) is 23.1 Å². The van der Waals surface area contributed by atoms with E-state index < -0.39 is 5.41 Å². The van der Waals surface area contributed by atoms with Crippen molar-refractivity contribution in [3.8, 4) is 0 Å². The summed E-state index contributed by atoms with van der Waals surface area (Å²) in [6.07, 6.45) is 1.74. The summed E-state index contributed by atoms with van der Waals surface area (Å²) < 4.78 is 6.51. The maximum absolute atomic E-state index is 12.4. The van der Waals surface area contributed by atoms with Crippen molar-refractivity contribution in [2.45, 2.75) is 59.3 Å². The topological polar surface area (TPSA) is 43.4 Å². The van der Waals surface area contributed by atoms with Gasteiger partial charge in [-0.1, -0.05) is 35.8 Å². The Labute approximate surface area is 153 Å². The van der Waals surface area contributed by atoms with Crippen LogP contribution >= 0.6 is 15.9 Å². The van der Waals surface area contributed by atoms with Crippen LogP contribution in [-0.4, -0.2) is 18.4 Å². The van der Waals surface area contributed by atoms with Gasteiger partial charge in [0.1, 0.15) is 5.78 Å². The number of carbonyl (C=O) groups excluding carboxylic acids is 2. The highest BCUT2D eigenvalue weighted by molar-refractivity contribution is 9.10. The van der Waals surface area contributed by atoms with E-state index in [9.17, 15) is 9.59 Å². The highest BCUT2D eigenvalue weighted by atomic mass is 79.9. The van der Waals surface area contributed by atoms with Crippen LogP contribution in [0.15, 0.2) is 22.7 Å². The van der Waals surface area contributed by atoms with Crippen molar-refractivity contribution < 1.29 is 14.3 Å². The summed E-state index contributed by atoms with van der Waals surface area (Å²) in [5.41, 5.74) is 1.75. The quantitative estimate of drug-likeness (QED) is 0.674. The van der Waals surface area contributed by atoms with Gasteiger partial charge >= 0.3 is 5.97 Å². The third-order valence-electron chi connectivity index (χ3n) is 4.53. The van der Waals surface area contributed by atoms with Gasteiger partial charge in [0.15, 0.2) is 0 Å². The number of halogens is 1. The minimum atomic E-state index is -0.517. The molecule has 0 aliphatic heterocycles. The third-order valence-corrected chi connectivity index (χ3v) is 5.02. The number of rotatable bonds is 2. The van der Waals surface area contributed by atoms with E-state index in [0.717, 1.165) is 10.9 Å². The molecule has 0 spiro atoms. The molecule has 1 aliphatic carbocycles. The molecule has 0 aromatic heterocycles. The molecule has 4 heteroatoms. The summed E-state index contributed by atoms with van der Waals surface area (Å²) in [7, 11) is 0. The molecule has 1 aromatic carbocycles. The van der Waals surface area contributed by atoms with Crippen LogP contribution in [0.5, 0.6) is 0 Å². The fraction of sp³-hybridized carbons (Fsp3) is 0.600. The lowest BCUT2D eigenvalue weighted by molar-refractivity contribution is -0.154. The molecule has 3 nitrogen and oxygen atoms in total. The maximum atomic E-state index is 12.4. The van der Waals surface area contributed by atoms with Crippen LogP contribution in [0.25, 0.3) is 0 Å². The van der Waals surface area contributed by atoms with Gasteiger partial charge < -0.3 is 4.74 Å². The third kappa shape index (κ3) is 4.69. The number of hydrogen-bond donors (Lipinski definition) is 0. The highest BCUT2D eigenvalue weighted by Crippen LogP contribution is 2.36. The van der Waals surface area contributed by atoms with E-state index in [1.165, 1.54) is 11.1 Å². The van der Waals surface area contributed by atoms with Crippen molar-refractivity contribution in [3.63, 3.8) is 0 Å². The van der Waals surface area contributed by atoms with Crippen LogP contribution in [0.3, 0.4) is 0 Å². The molecular weight excluding hydrogens is 368 g/mol. The summed E-state index contributed by atoms with van der Waals surface area (Å²) in [5, 5.41) is 0. The lowest BCUT2D eigenvalue weighted by Gasteiger charge is -2.32. The van der Waals surface area contributed by atoms with E-state index in [0.29, 0.717) is 19.4 Å². The molecular formula is C20H27BrO3. The molecule has 1 aliphatic rings. The molecule has 0 heterocycles. The Bertz CT molecular complexity index is 641. The average Bonchev–Trinajstić information content (AvgIpc) is 2.43. The Morgan fingerprint density at radius 3 is 2.58 bits per heavy atom. The number of fused-ring (bicyclic) bond motifs is 1. The van der Waals surface area contributed by atoms with Gasteiger partial charge in [0.25, 0.3) is 0 Å². The van der Waals surface area contributed by atoms with E-state index in [1.807, 2.05) is 26.8 Å². The normalized spacial score (nSPS) is 20.8. The number of carbonyl (C=O) groups is 2. The minimum Gasteiger partial charge on any atom is -0.465 e. The van der Waals surface area contributed by atoms with Gasteiger partial charge in [-0.2, -0.15) is 0 Å². The molecule has 1 aromatic rings. The van der Waals surface area contributed by atoms with Crippen LogP contribution in [0.4, 0.5) is 0 Å². The zero-order valence-electron chi connectivity index (χ0n) is 15.2. The number of benzene rings is 1. The Kier molecular flexibility index (Phi) is 5.58. The SMILES string of the molecule is CC(C)(C)C(=O)OCC1CC(=O)CC(C)(C)c2cc(Br)ccc2C1. The monoisotopic (exact) mass is 394 g/mol. The van der Waals surface area contributed by atoms with E-state index in [2.05, 4.69) is 41.9 Å². The lowest BCUT2D eigenvalue weighted by Crippen LogP contribution is -2.31. The Morgan fingerprint density at radius 1 is 1.29 bits per heavy atom. The van der Waals surface area contributed by atoms with Gasteiger partial charge in [0.2, 0.25) is 0 Å². The fourth-order valence-corrected chi connectivity index (χ4v) is 3.61. The largest absolute Gasteiger partial charge is 0.465 e. The van der Waals surface area contributed by atoms with Gasteiger partial charge in [-0.05, 0) is 55.9 Å². The van der Waals surface area contributed by atoms with Crippen LogP contribution in [-0.2, 0) is 26.2 Å². The second-order valence-corrected chi connectivity index (χ2v) is 9.44. The van der Waals surface area contributed by atoms with Crippen molar-refractivity contribution in [2.24, 2.45) is 11.3 Å². The number of hydrogen-bond acceptors (Lipinski definition) is 3. The first-order chi connectivity index (χ1) is 11.0. The van der Waals surface area contributed by atoms with E-state index in [4.69, 9.17) is 4.74 Å². The fourth-order valence-electron chi connectivity index (χ4n) is 3.25. The summed E-state index contributed by atoms with van der Waals surface area (Å²) in [6.45, 7) is 10.1. The van der Waals surface area contributed by atoms with Crippen molar-refractivity contribution in [3.05, 3.63) is 33.8 Å². The maximum Gasteiger partial charge on any atom is 0.311 e. The lowest BCUT2D eigenvalue weighted by atomic mass is 9.73. The zero-order chi connectivity index (χ0) is 18.1. The minimum absolute atomic E-state index is 0.0415. The van der Waals surface area contributed by atoms with Crippen molar-refractivity contribution in [1.82, 2.24) is 0 Å². The molecule has 0 N–H and O–H groups in total. The summed E-state index contributed by atoms with van der Waals surface area (Å²) in [6, 6.07) is 6.28. The van der Waals surface area contributed by atoms with Crippen molar-refractivity contribution >= 4 is 27.7 Å². The molecule has 24 heavy (non-hydrogen) atoms. The van der Waals surface area contributed by atoms with Gasteiger partial charge in [0.05, 0.1) is 12.0 Å². The van der Waals surface area contributed by atoms with E-state index in [1.54, 1.807) is 0 Å². The molecule has 0 amide bonds. The van der Waals surface area contributed by atoms with Gasteiger partial charge in [0, 0.05) is 23.2 Å². The smallest absolute Gasteiger partial charge is 0.311 e. The zero-order valence-corrected chi connectivity index (χ0v) is 16.8. The number of Topliss-reactive ketones (excluding diaryl/α,β-unsaturated/α-hetero) is 1. The first-order valence-electron chi connectivity index (χ1n) is 8.47. The van der Waals surface area contributed by atoms with Gasteiger partial charge in [-0.15, -0.1) is 0 Å². The number of ether oxygens (including phenoxy) is 1. The van der Waals surface area contributed by atoms with Crippen LogP contribution in [0.1, 0.15) is 58.6 Å². The van der Waals surface area contributed by atoms with E-state index >= 15 is 0 Å². The second kappa shape index (κ2) is 6.99. The molecule has 2 rings (SSSR count). The predicted molar refractivity (Wildman–Crippen MR) is 99.0 cm³/mol. The van der Waals surface area contributed by atoms with Crippen LogP contribution in [0, 0.1) is 11.3 Å². The number of esters is 1. The van der Waals surface area contributed by atoms with Gasteiger partial charge in [-0.3, -0.25) is 9.59 Å². The Morgan fingerprint density at radius 2 is 1.96 bits per heavy atom. The van der Waals surface area contributed by atoms with Crippen molar-refractivity contribution in [2.75, 3.05) is 6.61 Å². The summed E-state index contributed by atoms with van der Waals surface area (Å²) >= 11 is 3.53. The second-order valence-electron chi connectivity index (χ2n) is 8.52. The Hall–Kier alpha value is -1.16. The molecule has 1 unspecified atom stereocenters. The molecule has 0 bridgehead atoms. The number of ketones is 1.